The molecular formula is C23H48N2O6P+. The van der Waals surface area contributed by atoms with Crippen LogP contribution in [0.4, 0.5) is 0 Å². The predicted molar refractivity (Wildman–Crippen MR) is 129 cm³/mol. The van der Waals surface area contributed by atoms with Gasteiger partial charge in [-0.2, -0.15) is 0 Å². The van der Waals surface area contributed by atoms with Crippen molar-refractivity contribution in [2.75, 3.05) is 40.9 Å². The number of unbranched alkanes of at least 4 members (excludes halogenated alkanes) is 7. The molecule has 1 amide bonds. The van der Waals surface area contributed by atoms with E-state index in [2.05, 4.69) is 12.2 Å². The normalized spacial score (nSPS) is 16.1. The molecule has 0 saturated heterocycles. The third-order valence-electron chi connectivity index (χ3n) is 4.99. The number of hydrogen-bond donors (Lipinski definition) is 3. The Morgan fingerprint density at radius 3 is 2.25 bits per heavy atom. The summed E-state index contributed by atoms with van der Waals surface area (Å²) in [6, 6.07) is -0.831. The number of aliphatic hydroxyl groups is 1. The molecule has 190 valence electrons. The fourth-order valence-electron chi connectivity index (χ4n) is 2.93. The molecule has 9 heteroatoms. The fraction of sp³-hybridized carbons (Fsp3) is 0.870. The quantitative estimate of drug-likeness (QED) is 0.105. The molecule has 0 bridgehead atoms. The van der Waals surface area contributed by atoms with Crippen LogP contribution in [0.2, 0.25) is 0 Å². The summed E-state index contributed by atoms with van der Waals surface area (Å²) < 4.78 is 22.9. The number of aliphatic hydroxyl groups excluding tert-OH is 1. The summed E-state index contributed by atoms with van der Waals surface area (Å²) in [5.74, 6) is -0.200. The molecule has 0 aliphatic heterocycles. The van der Waals surface area contributed by atoms with Crippen LogP contribution in [0, 0.1) is 0 Å². The molecule has 0 fully saturated rings. The second-order valence-corrected chi connectivity index (χ2v) is 10.8. The molecule has 32 heavy (non-hydrogen) atoms. The highest BCUT2D eigenvalue weighted by molar-refractivity contribution is 7.47. The van der Waals surface area contributed by atoms with Gasteiger partial charge in [0.25, 0.3) is 0 Å². The number of likely N-dealkylation sites (N-methyl/N-ethyl adjacent to an activating group) is 1. The van der Waals surface area contributed by atoms with E-state index in [0.717, 1.165) is 32.1 Å². The van der Waals surface area contributed by atoms with Gasteiger partial charge in [-0.1, -0.05) is 70.9 Å². The fourth-order valence-corrected chi connectivity index (χ4v) is 3.66. The van der Waals surface area contributed by atoms with Gasteiger partial charge in [0.1, 0.15) is 13.2 Å². The van der Waals surface area contributed by atoms with Gasteiger partial charge >= 0.3 is 7.82 Å². The molecule has 0 aromatic heterocycles. The van der Waals surface area contributed by atoms with Crippen LogP contribution in [0.5, 0.6) is 0 Å². The molecule has 8 nitrogen and oxygen atoms in total. The Labute approximate surface area is 195 Å². The van der Waals surface area contributed by atoms with Crippen LogP contribution in [-0.4, -0.2) is 73.4 Å². The number of carbonyl (C=O) groups excluding carboxylic acids is 1. The number of amides is 1. The lowest BCUT2D eigenvalue weighted by Gasteiger charge is -2.25. The second-order valence-electron chi connectivity index (χ2n) is 9.36. The van der Waals surface area contributed by atoms with Crippen LogP contribution >= 0.6 is 7.82 Å². The Morgan fingerprint density at radius 1 is 1.03 bits per heavy atom. The molecule has 0 rings (SSSR count). The van der Waals surface area contributed by atoms with Crippen molar-refractivity contribution in [1.29, 1.82) is 0 Å². The Hall–Kier alpha value is -0.760. The van der Waals surface area contributed by atoms with Gasteiger partial charge in [-0.25, -0.2) is 4.57 Å². The van der Waals surface area contributed by atoms with Crippen molar-refractivity contribution < 1.29 is 32.9 Å². The molecule has 0 spiro atoms. The minimum Gasteiger partial charge on any atom is -0.387 e. The van der Waals surface area contributed by atoms with Crippen LogP contribution in [0.3, 0.4) is 0 Å². The number of quaternary nitrogens is 1. The lowest BCUT2D eigenvalue weighted by Crippen LogP contribution is -2.45. The molecule has 1 unspecified atom stereocenters. The molecule has 3 N–H and O–H groups in total. The van der Waals surface area contributed by atoms with E-state index >= 15 is 0 Å². The summed E-state index contributed by atoms with van der Waals surface area (Å²) in [5, 5.41) is 13.2. The number of allylic oxidation sites excluding steroid dienone is 1. The number of carbonyl (C=O) groups is 1. The first-order chi connectivity index (χ1) is 15.0. The number of rotatable bonds is 20. The molecule has 0 aromatic carbocycles. The summed E-state index contributed by atoms with van der Waals surface area (Å²) in [4.78, 5) is 22.3. The first-order valence-electron chi connectivity index (χ1n) is 12.1. The summed E-state index contributed by atoms with van der Waals surface area (Å²) >= 11 is 0. The van der Waals surface area contributed by atoms with Gasteiger partial charge in [0.05, 0.1) is 39.9 Å². The third-order valence-corrected chi connectivity index (χ3v) is 5.97. The monoisotopic (exact) mass is 479 g/mol. The minimum atomic E-state index is -4.28. The molecule has 0 aliphatic rings. The summed E-state index contributed by atoms with van der Waals surface area (Å²) in [5.41, 5.74) is 0. The van der Waals surface area contributed by atoms with Gasteiger partial charge < -0.3 is 19.8 Å². The standard InChI is InChI=1S/C23H47N2O6P/c1-6-8-10-11-12-13-15-17-23(27)24-21(22(26)16-14-9-7-2)20-31-32(28,29)30-19-18-25(3,4)5/h14,16,21-22,26H,6-13,15,17-20H2,1-5H3,(H-,24,27,28,29)/p+1/b16-14-/t21-,22+/m0/s1. The molecular weight excluding hydrogens is 431 g/mol. The minimum absolute atomic E-state index is 0.0610. The number of phosphoric acid groups is 1. The van der Waals surface area contributed by atoms with Crippen LogP contribution in [0.25, 0.3) is 0 Å². The summed E-state index contributed by atoms with van der Waals surface area (Å²) in [6.45, 7) is 4.49. The number of nitrogens with one attached hydrogen (secondary N) is 1. The zero-order chi connectivity index (χ0) is 24.5. The van der Waals surface area contributed by atoms with E-state index < -0.39 is 20.0 Å². The maximum Gasteiger partial charge on any atom is 0.472 e. The topological polar surface area (TPSA) is 105 Å². The van der Waals surface area contributed by atoms with Crippen molar-refractivity contribution in [2.45, 2.75) is 90.2 Å². The average Bonchev–Trinajstić information content (AvgIpc) is 2.69. The number of phosphoric ester groups is 1. The largest absolute Gasteiger partial charge is 0.472 e. The van der Waals surface area contributed by atoms with E-state index in [1.165, 1.54) is 25.7 Å². The third kappa shape index (κ3) is 18.8. The lowest BCUT2D eigenvalue weighted by molar-refractivity contribution is -0.870. The van der Waals surface area contributed by atoms with Crippen molar-refractivity contribution in [3.05, 3.63) is 12.2 Å². The first kappa shape index (κ1) is 31.2. The van der Waals surface area contributed by atoms with Crippen molar-refractivity contribution in [3.8, 4) is 0 Å². The summed E-state index contributed by atoms with van der Waals surface area (Å²) in [6.07, 6.45) is 12.2. The molecule has 0 aliphatic carbocycles. The molecule has 0 radical (unpaired) electrons. The van der Waals surface area contributed by atoms with Crippen LogP contribution in [-0.2, 0) is 18.4 Å². The maximum atomic E-state index is 12.4. The smallest absolute Gasteiger partial charge is 0.387 e. The van der Waals surface area contributed by atoms with E-state index in [1.807, 2.05) is 34.1 Å². The van der Waals surface area contributed by atoms with E-state index in [-0.39, 0.29) is 19.1 Å². The first-order valence-corrected chi connectivity index (χ1v) is 13.6. The number of hydrogen-bond acceptors (Lipinski definition) is 5. The molecule has 3 atom stereocenters. The van der Waals surface area contributed by atoms with Gasteiger partial charge in [-0.3, -0.25) is 13.8 Å². The molecule has 0 saturated carbocycles. The van der Waals surface area contributed by atoms with Gasteiger partial charge in [0.15, 0.2) is 0 Å². The van der Waals surface area contributed by atoms with E-state index in [4.69, 9.17) is 9.05 Å². The zero-order valence-corrected chi connectivity index (χ0v) is 21.8. The van der Waals surface area contributed by atoms with E-state index in [0.29, 0.717) is 17.4 Å². The van der Waals surface area contributed by atoms with Crippen molar-refractivity contribution in [2.24, 2.45) is 0 Å². The zero-order valence-electron chi connectivity index (χ0n) is 20.9. The predicted octanol–water partition coefficient (Wildman–Crippen LogP) is 4.17. The number of nitrogens with zero attached hydrogens (tertiary/aromatic N) is 1. The highest BCUT2D eigenvalue weighted by Gasteiger charge is 2.27. The van der Waals surface area contributed by atoms with Crippen LogP contribution in [0.15, 0.2) is 12.2 Å². The van der Waals surface area contributed by atoms with Crippen molar-refractivity contribution in [3.63, 3.8) is 0 Å². The summed E-state index contributed by atoms with van der Waals surface area (Å²) in [7, 11) is 1.56. The van der Waals surface area contributed by atoms with Gasteiger partial charge in [-0.05, 0) is 12.8 Å². The highest BCUT2D eigenvalue weighted by atomic mass is 31.2. The lowest BCUT2D eigenvalue weighted by atomic mass is 10.1. The van der Waals surface area contributed by atoms with Gasteiger partial charge in [0, 0.05) is 6.42 Å². The van der Waals surface area contributed by atoms with Gasteiger partial charge in [0.2, 0.25) is 5.91 Å². The molecule has 0 aromatic rings. The average molecular weight is 480 g/mol. The van der Waals surface area contributed by atoms with Crippen molar-refractivity contribution in [1.82, 2.24) is 5.32 Å². The van der Waals surface area contributed by atoms with Crippen LogP contribution < -0.4 is 5.32 Å². The molecule has 0 heterocycles. The Morgan fingerprint density at radius 2 is 1.66 bits per heavy atom. The van der Waals surface area contributed by atoms with Crippen molar-refractivity contribution >= 4 is 13.7 Å². The maximum absolute atomic E-state index is 12.4. The van der Waals surface area contributed by atoms with Gasteiger partial charge in [-0.15, -0.1) is 0 Å². The highest BCUT2D eigenvalue weighted by Crippen LogP contribution is 2.43. The Balaban J connectivity index is 4.64. The SMILES string of the molecule is CCC/C=C\[C@@H](O)[C@H](COP(=O)(O)OCC[N+](C)(C)C)NC(=O)CCCCCCCCC. The second kappa shape index (κ2) is 17.7. The van der Waals surface area contributed by atoms with E-state index in [1.54, 1.807) is 6.08 Å². The van der Waals surface area contributed by atoms with E-state index in [9.17, 15) is 19.4 Å². The Kier molecular flexibility index (Phi) is 17.3. The van der Waals surface area contributed by atoms with Crippen LogP contribution in [0.1, 0.15) is 78.1 Å². The Bertz CT molecular complexity index is 565.